The van der Waals surface area contributed by atoms with E-state index in [9.17, 15) is 5.11 Å². The number of hydrogen-bond acceptors (Lipinski definition) is 3. The Balaban J connectivity index is 2.24. The summed E-state index contributed by atoms with van der Waals surface area (Å²) in [6, 6.07) is 9.14. The van der Waals surface area contributed by atoms with Crippen molar-refractivity contribution in [2.24, 2.45) is 0 Å². The number of rotatable bonds is 5. The fraction of sp³-hybridized carbons (Fsp3) is 0.600. The van der Waals surface area contributed by atoms with Crippen LogP contribution in [0.3, 0.4) is 0 Å². The highest BCUT2D eigenvalue weighted by Gasteiger charge is 2.23. The van der Waals surface area contributed by atoms with Crippen molar-refractivity contribution in [1.29, 1.82) is 0 Å². The van der Waals surface area contributed by atoms with E-state index in [2.05, 4.69) is 41.4 Å². The normalized spacial score (nSPS) is 19.6. The summed E-state index contributed by atoms with van der Waals surface area (Å²) in [6.07, 6.45) is 2.25. The lowest BCUT2D eigenvalue weighted by atomic mass is 9.97. The van der Waals surface area contributed by atoms with Crippen LogP contribution in [-0.4, -0.2) is 36.2 Å². The standard InChI is InChI=1S/C15H24N2O/c1-2-9-17(10-11-18)15-7-8-16-12-13-5-3-4-6-14(13)15/h3-6,15-16,18H,2,7-12H2,1H3. The molecule has 100 valence electrons. The maximum Gasteiger partial charge on any atom is 0.0558 e. The van der Waals surface area contributed by atoms with Gasteiger partial charge in [0.15, 0.2) is 0 Å². The van der Waals surface area contributed by atoms with E-state index in [1.165, 1.54) is 11.1 Å². The summed E-state index contributed by atoms with van der Waals surface area (Å²) in [4.78, 5) is 2.42. The van der Waals surface area contributed by atoms with Crippen LogP contribution >= 0.6 is 0 Å². The Bertz CT molecular complexity index is 361. The topological polar surface area (TPSA) is 35.5 Å². The summed E-state index contributed by atoms with van der Waals surface area (Å²) in [7, 11) is 0. The first-order valence-corrected chi connectivity index (χ1v) is 7.00. The zero-order valence-corrected chi connectivity index (χ0v) is 11.2. The van der Waals surface area contributed by atoms with E-state index < -0.39 is 0 Å². The average Bonchev–Trinajstić information content (AvgIpc) is 2.61. The second-order valence-corrected chi connectivity index (χ2v) is 4.94. The molecule has 3 nitrogen and oxygen atoms in total. The van der Waals surface area contributed by atoms with Crippen LogP contribution in [0.25, 0.3) is 0 Å². The highest BCUT2D eigenvalue weighted by molar-refractivity contribution is 5.31. The van der Waals surface area contributed by atoms with E-state index in [1.54, 1.807) is 0 Å². The Morgan fingerprint density at radius 1 is 1.33 bits per heavy atom. The first-order chi connectivity index (χ1) is 8.86. The second kappa shape index (κ2) is 6.88. The van der Waals surface area contributed by atoms with Crippen LogP contribution in [0, 0.1) is 0 Å². The number of nitrogens with zero attached hydrogens (tertiary/aromatic N) is 1. The fourth-order valence-electron chi connectivity index (χ4n) is 2.86. The summed E-state index contributed by atoms with van der Waals surface area (Å²) in [5.74, 6) is 0. The number of fused-ring (bicyclic) bond motifs is 1. The first-order valence-electron chi connectivity index (χ1n) is 7.00. The van der Waals surface area contributed by atoms with Crippen molar-refractivity contribution in [2.75, 3.05) is 26.2 Å². The van der Waals surface area contributed by atoms with Crippen molar-refractivity contribution in [3.8, 4) is 0 Å². The number of hydrogen-bond donors (Lipinski definition) is 2. The van der Waals surface area contributed by atoms with Crippen LogP contribution in [0.15, 0.2) is 24.3 Å². The van der Waals surface area contributed by atoms with E-state index in [0.29, 0.717) is 6.04 Å². The maximum absolute atomic E-state index is 9.25. The fourth-order valence-corrected chi connectivity index (χ4v) is 2.86. The molecule has 18 heavy (non-hydrogen) atoms. The molecule has 0 saturated heterocycles. The van der Waals surface area contributed by atoms with Gasteiger partial charge in [0, 0.05) is 19.1 Å². The van der Waals surface area contributed by atoms with Crippen LogP contribution in [-0.2, 0) is 6.54 Å². The molecule has 1 aromatic rings. The zero-order valence-electron chi connectivity index (χ0n) is 11.2. The molecule has 1 heterocycles. The lowest BCUT2D eigenvalue weighted by Gasteiger charge is -2.31. The average molecular weight is 248 g/mol. The molecule has 0 saturated carbocycles. The summed E-state index contributed by atoms with van der Waals surface area (Å²) in [5.41, 5.74) is 2.84. The van der Waals surface area contributed by atoms with E-state index in [0.717, 1.165) is 39.0 Å². The molecule has 2 N–H and O–H groups in total. The molecule has 1 unspecified atom stereocenters. The van der Waals surface area contributed by atoms with Gasteiger partial charge in [0.2, 0.25) is 0 Å². The monoisotopic (exact) mass is 248 g/mol. The van der Waals surface area contributed by atoms with Crippen LogP contribution in [0.2, 0.25) is 0 Å². The van der Waals surface area contributed by atoms with Gasteiger partial charge in [-0.2, -0.15) is 0 Å². The number of aliphatic hydroxyl groups excluding tert-OH is 1. The predicted octanol–water partition coefficient (Wildman–Crippen LogP) is 1.93. The van der Waals surface area contributed by atoms with Crippen LogP contribution < -0.4 is 5.32 Å². The molecular formula is C15H24N2O. The van der Waals surface area contributed by atoms with Crippen LogP contribution in [0.5, 0.6) is 0 Å². The Labute approximate surface area is 110 Å². The Morgan fingerprint density at radius 3 is 2.94 bits per heavy atom. The highest BCUT2D eigenvalue weighted by Crippen LogP contribution is 2.29. The summed E-state index contributed by atoms with van der Waals surface area (Å²) in [5, 5.41) is 12.7. The smallest absolute Gasteiger partial charge is 0.0558 e. The lowest BCUT2D eigenvalue weighted by Crippen LogP contribution is -2.33. The van der Waals surface area contributed by atoms with Gasteiger partial charge in [-0.3, -0.25) is 4.90 Å². The molecular weight excluding hydrogens is 224 g/mol. The molecule has 0 aliphatic carbocycles. The quantitative estimate of drug-likeness (QED) is 0.836. The SMILES string of the molecule is CCCN(CCO)C1CCNCc2ccccc21. The van der Waals surface area contributed by atoms with Crippen molar-refractivity contribution >= 4 is 0 Å². The molecule has 0 amide bonds. The molecule has 0 fully saturated rings. The predicted molar refractivity (Wildman–Crippen MR) is 74.5 cm³/mol. The summed E-state index contributed by atoms with van der Waals surface area (Å²) < 4.78 is 0. The summed E-state index contributed by atoms with van der Waals surface area (Å²) >= 11 is 0. The van der Waals surface area contributed by atoms with Crippen LogP contribution in [0.4, 0.5) is 0 Å². The van der Waals surface area contributed by atoms with E-state index in [4.69, 9.17) is 0 Å². The van der Waals surface area contributed by atoms with Gasteiger partial charge >= 0.3 is 0 Å². The molecule has 1 atom stereocenters. The van der Waals surface area contributed by atoms with E-state index in [1.807, 2.05) is 0 Å². The molecule has 2 rings (SSSR count). The van der Waals surface area contributed by atoms with E-state index >= 15 is 0 Å². The maximum atomic E-state index is 9.25. The molecule has 1 aliphatic heterocycles. The molecule has 0 radical (unpaired) electrons. The van der Waals surface area contributed by atoms with Crippen LogP contribution in [0.1, 0.15) is 36.9 Å². The minimum atomic E-state index is 0.242. The van der Waals surface area contributed by atoms with Crippen molar-refractivity contribution in [2.45, 2.75) is 32.4 Å². The molecule has 0 aromatic heterocycles. The molecule has 1 aliphatic rings. The number of nitrogens with one attached hydrogen (secondary N) is 1. The van der Waals surface area contributed by atoms with Gasteiger partial charge in [-0.25, -0.2) is 0 Å². The third kappa shape index (κ3) is 3.10. The molecule has 0 bridgehead atoms. The van der Waals surface area contributed by atoms with Crippen molar-refractivity contribution in [3.63, 3.8) is 0 Å². The number of aliphatic hydroxyl groups is 1. The van der Waals surface area contributed by atoms with Crippen molar-refractivity contribution < 1.29 is 5.11 Å². The van der Waals surface area contributed by atoms with Gasteiger partial charge in [-0.15, -0.1) is 0 Å². The van der Waals surface area contributed by atoms with Gasteiger partial charge in [0.1, 0.15) is 0 Å². The van der Waals surface area contributed by atoms with E-state index in [-0.39, 0.29) is 6.61 Å². The second-order valence-electron chi connectivity index (χ2n) is 4.94. The third-order valence-electron chi connectivity index (χ3n) is 3.66. The highest BCUT2D eigenvalue weighted by atomic mass is 16.3. The Hall–Kier alpha value is -0.900. The minimum Gasteiger partial charge on any atom is -0.395 e. The molecule has 3 heteroatoms. The molecule has 1 aromatic carbocycles. The van der Waals surface area contributed by atoms with Gasteiger partial charge in [-0.05, 0) is 37.1 Å². The largest absolute Gasteiger partial charge is 0.395 e. The minimum absolute atomic E-state index is 0.242. The zero-order chi connectivity index (χ0) is 12.8. The Morgan fingerprint density at radius 2 is 2.17 bits per heavy atom. The van der Waals surface area contributed by atoms with Crippen molar-refractivity contribution in [1.82, 2.24) is 10.2 Å². The number of benzene rings is 1. The van der Waals surface area contributed by atoms with Crippen molar-refractivity contribution in [3.05, 3.63) is 35.4 Å². The third-order valence-corrected chi connectivity index (χ3v) is 3.66. The van der Waals surface area contributed by atoms with Gasteiger partial charge in [0.05, 0.1) is 6.61 Å². The molecule has 0 spiro atoms. The Kier molecular flexibility index (Phi) is 5.17. The van der Waals surface area contributed by atoms with Gasteiger partial charge in [0.25, 0.3) is 0 Å². The lowest BCUT2D eigenvalue weighted by molar-refractivity contribution is 0.145. The van der Waals surface area contributed by atoms with Gasteiger partial charge < -0.3 is 10.4 Å². The summed E-state index contributed by atoms with van der Waals surface area (Å²) in [6.45, 7) is 6.28. The van der Waals surface area contributed by atoms with Gasteiger partial charge in [-0.1, -0.05) is 31.2 Å². The first kappa shape index (κ1) is 13.5.